The zero-order chi connectivity index (χ0) is 20.1. The quantitative estimate of drug-likeness (QED) is 0.631. The van der Waals surface area contributed by atoms with Gasteiger partial charge in [0.05, 0.1) is 17.5 Å². The second kappa shape index (κ2) is 9.01. The van der Waals surface area contributed by atoms with Gasteiger partial charge in [0.1, 0.15) is 12.9 Å². The number of aromatic nitrogens is 2. The van der Waals surface area contributed by atoms with E-state index < -0.39 is 0 Å². The third kappa shape index (κ3) is 3.94. The Balaban J connectivity index is 0.00000109. The number of hydrogen-bond donors (Lipinski definition) is 2. The summed E-state index contributed by atoms with van der Waals surface area (Å²) in [7, 11) is 1.00. The minimum Gasteiger partial charge on any atom is -0.473 e. The molecule has 1 aromatic carbocycles. The van der Waals surface area contributed by atoms with Crippen molar-refractivity contribution < 1.29 is 14.6 Å². The molecule has 3 aromatic rings. The molecule has 7 nitrogen and oxygen atoms in total. The van der Waals surface area contributed by atoms with Crippen LogP contribution in [0.15, 0.2) is 46.6 Å². The molecule has 0 amide bonds. The first kappa shape index (κ1) is 20.1. The van der Waals surface area contributed by atoms with Gasteiger partial charge in [-0.25, -0.2) is 0 Å². The Hall–Kier alpha value is -2.68. The number of thiophene rings is 1. The predicted molar refractivity (Wildman–Crippen MR) is 109 cm³/mol. The molecular weight excluding hydrogens is 402 g/mol. The number of halogens is 1. The van der Waals surface area contributed by atoms with E-state index in [4.69, 9.17) is 21.4 Å². The lowest BCUT2D eigenvalue weighted by molar-refractivity contribution is -0.108. The van der Waals surface area contributed by atoms with Gasteiger partial charge in [0, 0.05) is 12.1 Å². The molecule has 1 atom stereocenters. The first-order chi connectivity index (χ1) is 13.7. The molecule has 0 saturated carbocycles. The van der Waals surface area contributed by atoms with Crippen LogP contribution in [0.3, 0.4) is 0 Å². The molecule has 0 bridgehead atoms. The predicted octanol–water partition coefficient (Wildman–Crippen LogP) is 2.98. The van der Waals surface area contributed by atoms with Gasteiger partial charge < -0.3 is 20.0 Å². The molecule has 146 valence electrons. The number of carbonyl (C=O) groups excluding carboxylic acids is 1. The van der Waals surface area contributed by atoms with Gasteiger partial charge in [-0.05, 0) is 29.1 Å². The zero-order valence-electron chi connectivity index (χ0n) is 15.0. The van der Waals surface area contributed by atoms with Crippen LogP contribution in [0, 0.1) is 0 Å². The number of aliphatic hydroxyl groups is 1. The summed E-state index contributed by atoms with van der Waals surface area (Å²) in [5, 5.41) is 12.7. The number of anilines is 1. The van der Waals surface area contributed by atoms with Gasteiger partial charge in [-0.15, -0.1) is 11.3 Å². The second-order valence-electron chi connectivity index (χ2n) is 5.73. The van der Waals surface area contributed by atoms with E-state index in [9.17, 15) is 9.59 Å². The van der Waals surface area contributed by atoms with Crippen LogP contribution in [0.2, 0.25) is 5.02 Å². The summed E-state index contributed by atoms with van der Waals surface area (Å²) in [5.41, 5.74) is 0.881. The van der Waals surface area contributed by atoms with Crippen molar-refractivity contribution in [2.24, 2.45) is 0 Å². The third-order valence-electron chi connectivity index (χ3n) is 4.11. The lowest BCUT2D eigenvalue weighted by Crippen LogP contribution is -2.33. The molecule has 4 rings (SSSR count). The van der Waals surface area contributed by atoms with E-state index in [1.807, 2.05) is 29.6 Å². The molecule has 0 saturated heterocycles. The molecule has 3 heterocycles. The number of nitrogens with one attached hydrogen (secondary N) is 1. The topological polar surface area (TPSA) is 93.5 Å². The van der Waals surface area contributed by atoms with Gasteiger partial charge in [-0.2, -0.15) is 4.98 Å². The maximum Gasteiger partial charge on any atom is 0.281 e. The smallest absolute Gasteiger partial charge is 0.281 e. The van der Waals surface area contributed by atoms with Gasteiger partial charge in [-0.3, -0.25) is 9.36 Å². The van der Waals surface area contributed by atoms with Crippen molar-refractivity contribution in [3.8, 4) is 16.6 Å². The van der Waals surface area contributed by atoms with Crippen LogP contribution in [0.4, 0.5) is 5.69 Å². The van der Waals surface area contributed by atoms with Crippen LogP contribution in [-0.2, 0) is 11.3 Å². The Bertz CT molecular complexity index is 1000. The summed E-state index contributed by atoms with van der Waals surface area (Å²) < 4.78 is 7.13. The van der Waals surface area contributed by atoms with Crippen LogP contribution in [0.5, 0.6) is 5.88 Å². The number of aldehydes is 1. The molecule has 0 aliphatic carbocycles. The van der Waals surface area contributed by atoms with Crippen LogP contribution in [-0.4, -0.2) is 34.7 Å². The Morgan fingerprint density at radius 3 is 2.75 bits per heavy atom. The molecule has 1 aliphatic rings. The molecule has 2 aromatic heterocycles. The Kier molecular flexibility index (Phi) is 6.45. The highest BCUT2D eigenvalue weighted by atomic mass is 35.5. The molecule has 9 heteroatoms. The second-order valence-corrected chi connectivity index (χ2v) is 7.12. The summed E-state index contributed by atoms with van der Waals surface area (Å²) in [5.74, 6) is 0.688. The number of benzene rings is 1. The van der Waals surface area contributed by atoms with Crippen molar-refractivity contribution in [2.45, 2.75) is 12.6 Å². The Morgan fingerprint density at radius 1 is 1.36 bits per heavy atom. The first-order valence-electron chi connectivity index (χ1n) is 8.39. The van der Waals surface area contributed by atoms with Crippen molar-refractivity contribution in [2.75, 3.05) is 19.0 Å². The normalized spacial score (nSPS) is 14.8. The van der Waals surface area contributed by atoms with Gasteiger partial charge in [0.15, 0.2) is 11.5 Å². The fourth-order valence-electron chi connectivity index (χ4n) is 2.85. The number of carbonyl (C=O) groups is 1. The summed E-state index contributed by atoms with van der Waals surface area (Å²) in [6, 6.07) is 10.9. The van der Waals surface area contributed by atoms with E-state index in [-0.39, 0.29) is 29.7 Å². The molecule has 0 unspecified atom stereocenters. The molecule has 0 spiro atoms. The number of hydrogen-bond acceptors (Lipinski definition) is 7. The van der Waals surface area contributed by atoms with E-state index in [1.54, 1.807) is 12.1 Å². The van der Waals surface area contributed by atoms with E-state index in [1.165, 1.54) is 15.9 Å². The van der Waals surface area contributed by atoms with Crippen molar-refractivity contribution in [3.05, 3.63) is 62.7 Å². The zero-order valence-corrected chi connectivity index (χ0v) is 16.5. The number of nitrogens with zero attached hydrogens (tertiary/aromatic N) is 2. The minimum absolute atomic E-state index is 0.0698. The maximum absolute atomic E-state index is 13.0. The largest absolute Gasteiger partial charge is 0.473 e. The minimum atomic E-state index is -0.329. The Morgan fingerprint density at radius 2 is 2.11 bits per heavy atom. The van der Waals surface area contributed by atoms with Crippen LogP contribution >= 0.6 is 22.9 Å². The highest BCUT2D eigenvalue weighted by Gasteiger charge is 2.27. The molecule has 1 aliphatic heterocycles. The SMILES string of the molecule is CO.O=CCn1c(-c2cccs2)nc2c(c1=O)N[C@H](c1ccc(Cl)cc1)CO2. The number of ether oxygens (including phenoxy) is 1. The van der Waals surface area contributed by atoms with Crippen LogP contribution in [0.1, 0.15) is 11.6 Å². The fraction of sp³-hybridized carbons (Fsp3) is 0.211. The van der Waals surface area contributed by atoms with Gasteiger partial charge in [0.2, 0.25) is 5.88 Å². The monoisotopic (exact) mass is 419 g/mol. The standard InChI is InChI=1S/C18H14ClN3O3S.CH4O/c19-12-5-3-11(4-6-12)13-10-25-17-15(20-13)18(24)22(7-8-23)16(21-17)14-2-1-9-26-14;1-2/h1-6,8-9,13,20H,7,10H2;2H,1H3/t13-;/m0./s1. The van der Waals surface area contributed by atoms with Crippen molar-refractivity contribution in [1.82, 2.24) is 9.55 Å². The number of fused-ring (bicyclic) bond motifs is 1. The maximum atomic E-state index is 13.0. The number of rotatable bonds is 4. The molecule has 28 heavy (non-hydrogen) atoms. The lowest BCUT2D eigenvalue weighted by Gasteiger charge is -2.27. The van der Waals surface area contributed by atoms with Gasteiger partial charge in [0.25, 0.3) is 5.56 Å². The first-order valence-corrected chi connectivity index (χ1v) is 9.65. The van der Waals surface area contributed by atoms with E-state index in [0.29, 0.717) is 23.7 Å². The highest BCUT2D eigenvalue weighted by molar-refractivity contribution is 7.13. The summed E-state index contributed by atoms with van der Waals surface area (Å²) >= 11 is 7.38. The lowest BCUT2D eigenvalue weighted by atomic mass is 10.1. The van der Waals surface area contributed by atoms with Crippen molar-refractivity contribution >= 4 is 34.9 Å². The molecule has 2 N–H and O–H groups in total. The van der Waals surface area contributed by atoms with Gasteiger partial charge in [-0.1, -0.05) is 29.8 Å². The van der Waals surface area contributed by atoms with E-state index in [0.717, 1.165) is 17.6 Å². The molecule has 0 radical (unpaired) electrons. The van der Waals surface area contributed by atoms with Crippen LogP contribution < -0.4 is 15.6 Å². The molecular formula is C19H18ClN3O4S. The fourth-order valence-corrected chi connectivity index (χ4v) is 3.70. The van der Waals surface area contributed by atoms with Crippen molar-refractivity contribution in [3.63, 3.8) is 0 Å². The third-order valence-corrected chi connectivity index (χ3v) is 5.23. The van der Waals surface area contributed by atoms with Crippen LogP contribution in [0.25, 0.3) is 10.7 Å². The number of aliphatic hydroxyl groups excluding tert-OH is 1. The highest BCUT2D eigenvalue weighted by Crippen LogP contribution is 2.33. The van der Waals surface area contributed by atoms with Gasteiger partial charge >= 0.3 is 0 Å². The Labute approximate surface area is 170 Å². The average molecular weight is 420 g/mol. The molecule has 0 fully saturated rings. The van der Waals surface area contributed by atoms with Crippen molar-refractivity contribution in [1.29, 1.82) is 0 Å². The summed E-state index contributed by atoms with van der Waals surface area (Å²) in [6.45, 7) is 0.266. The summed E-state index contributed by atoms with van der Waals surface area (Å²) in [4.78, 5) is 29.3. The average Bonchev–Trinajstić information content (AvgIpc) is 3.27. The van der Waals surface area contributed by atoms with E-state index in [2.05, 4.69) is 10.3 Å². The van der Waals surface area contributed by atoms with E-state index >= 15 is 0 Å². The summed E-state index contributed by atoms with van der Waals surface area (Å²) in [6.07, 6.45) is 0.687.